The minimum atomic E-state index is 0.642. The molecule has 0 spiro atoms. The highest BCUT2D eigenvalue weighted by Crippen LogP contribution is 2.21. The van der Waals surface area contributed by atoms with Gasteiger partial charge in [-0.2, -0.15) is 0 Å². The molecule has 0 aromatic carbocycles. The lowest BCUT2D eigenvalue weighted by Gasteiger charge is -2.06. The lowest BCUT2D eigenvalue weighted by Crippen LogP contribution is -1.99. The summed E-state index contributed by atoms with van der Waals surface area (Å²) < 4.78 is 6.44. The van der Waals surface area contributed by atoms with Crippen molar-refractivity contribution in [2.75, 3.05) is 11.9 Å². The van der Waals surface area contributed by atoms with Gasteiger partial charge < -0.3 is 10.1 Å². The molecule has 0 unspecified atom stereocenters. The highest BCUT2D eigenvalue weighted by molar-refractivity contribution is 9.11. The van der Waals surface area contributed by atoms with Gasteiger partial charge >= 0.3 is 0 Å². The van der Waals surface area contributed by atoms with Crippen LogP contribution in [0.5, 0.6) is 5.88 Å². The first-order valence-corrected chi connectivity index (χ1v) is 7.01. The number of thiophene rings is 1. The third kappa shape index (κ3) is 3.71. The number of nitrogens with zero attached hydrogens (tertiary/aromatic N) is 1. The topological polar surface area (TPSA) is 34.1 Å². The Morgan fingerprint density at radius 1 is 1.47 bits per heavy atom. The fourth-order valence-electron chi connectivity index (χ4n) is 1.36. The van der Waals surface area contributed by atoms with Crippen LogP contribution in [0.2, 0.25) is 0 Å². The van der Waals surface area contributed by atoms with E-state index in [0.717, 1.165) is 16.0 Å². The summed E-state index contributed by atoms with van der Waals surface area (Å²) in [6.07, 6.45) is 1.78. The Hall–Kier alpha value is -1.07. The van der Waals surface area contributed by atoms with Gasteiger partial charge in [0.15, 0.2) is 0 Å². The predicted molar refractivity (Wildman–Crippen MR) is 74.8 cm³/mol. The van der Waals surface area contributed by atoms with E-state index in [1.807, 2.05) is 19.1 Å². The molecular weight excluding hydrogens is 300 g/mol. The normalized spacial score (nSPS) is 10.2. The first-order chi connectivity index (χ1) is 8.28. The summed E-state index contributed by atoms with van der Waals surface area (Å²) in [4.78, 5) is 4.19. The maximum atomic E-state index is 5.28. The molecule has 0 saturated carbocycles. The molecule has 2 heterocycles. The smallest absolute Gasteiger partial charge is 0.213 e. The monoisotopic (exact) mass is 312 g/mol. The van der Waals surface area contributed by atoms with Gasteiger partial charge in [0.1, 0.15) is 0 Å². The van der Waals surface area contributed by atoms with Gasteiger partial charge in [-0.15, -0.1) is 11.3 Å². The molecule has 0 amide bonds. The van der Waals surface area contributed by atoms with Crippen molar-refractivity contribution >= 4 is 33.0 Å². The van der Waals surface area contributed by atoms with Gasteiger partial charge in [-0.1, -0.05) is 0 Å². The van der Waals surface area contributed by atoms with Crippen LogP contribution in [0, 0.1) is 0 Å². The third-order valence-corrected chi connectivity index (χ3v) is 3.70. The van der Waals surface area contributed by atoms with Crippen molar-refractivity contribution in [2.45, 2.75) is 13.5 Å². The van der Waals surface area contributed by atoms with Crippen LogP contribution in [0.4, 0.5) is 5.69 Å². The zero-order chi connectivity index (χ0) is 12.1. The molecule has 2 aromatic rings. The van der Waals surface area contributed by atoms with Gasteiger partial charge in [0, 0.05) is 12.6 Å². The summed E-state index contributed by atoms with van der Waals surface area (Å²) in [5.74, 6) is 0.663. The number of hydrogen-bond acceptors (Lipinski definition) is 4. The van der Waals surface area contributed by atoms with E-state index in [0.29, 0.717) is 12.5 Å². The van der Waals surface area contributed by atoms with Crippen LogP contribution in [0.1, 0.15) is 12.5 Å². The van der Waals surface area contributed by atoms with Crippen molar-refractivity contribution in [3.8, 4) is 5.88 Å². The summed E-state index contributed by atoms with van der Waals surface area (Å²) in [7, 11) is 0. The minimum Gasteiger partial charge on any atom is -0.478 e. The molecule has 0 fully saturated rings. The van der Waals surface area contributed by atoms with Gasteiger partial charge in [0.05, 0.1) is 22.3 Å². The number of rotatable bonds is 5. The van der Waals surface area contributed by atoms with Crippen LogP contribution in [-0.4, -0.2) is 11.6 Å². The van der Waals surface area contributed by atoms with Gasteiger partial charge in [-0.05, 0) is 45.9 Å². The quantitative estimate of drug-likeness (QED) is 0.908. The Bertz CT molecular complexity index is 470. The maximum Gasteiger partial charge on any atom is 0.213 e. The predicted octanol–water partition coefficient (Wildman–Crippen LogP) is 3.92. The third-order valence-electron chi connectivity index (χ3n) is 2.15. The van der Waals surface area contributed by atoms with E-state index in [-0.39, 0.29) is 0 Å². The Morgan fingerprint density at radius 2 is 2.35 bits per heavy atom. The molecule has 5 heteroatoms. The first-order valence-electron chi connectivity index (χ1n) is 5.33. The number of nitrogens with one attached hydrogen (secondary N) is 1. The molecule has 3 nitrogen and oxygen atoms in total. The second-order valence-electron chi connectivity index (χ2n) is 3.43. The van der Waals surface area contributed by atoms with Gasteiger partial charge in [-0.25, -0.2) is 4.98 Å². The molecule has 0 aliphatic rings. The molecule has 2 rings (SSSR count). The molecular formula is C12H13BrN2OS. The number of pyridine rings is 1. The van der Waals surface area contributed by atoms with Crippen LogP contribution < -0.4 is 10.1 Å². The van der Waals surface area contributed by atoms with Crippen molar-refractivity contribution in [1.82, 2.24) is 4.98 Å². The average molecular weight is 313 g/mol. The summed E-state index contributed by atoms with van der Waals surface area (Å²) in [5, 5.41) is 5.44. The van der Waals surface area contributed by atoms with Crippen LogP contribution >= 0.6 is 27.3 Å². The molecule has 0 bridgehead atoms. The molecule has 0 aliphatic heterocycles. The van der Waals surface area contributed by atoms with Gasteiger partial charge in [0.2, 0.25) is 5.88 Å². The van der Waals surface area contributed by atoms with Crippen molar-refractivity contribution in [2.24, 2.45) is 0 Å². The van der Waals surface area contributed by atoms with E-state index in [4.69, 9.17) is 4.74 Å². The minimum absolute atomic E-state index is 0.642. The maximum absolute atomic E-state index is 5.28. The number of ether oxygens (including phenoxy) is 1. The molecule has 17 heavy (non-hydrogen) atoms. The second-order valence-corrected chi connectivity index (χ2v) is 5.72. The van der Waals surface area contributed by atoms with E-state index >= 15 is 0 Å². The SMILES string of the molecule is CCOc1ccc(NCc2csc(Br)c2)cn1. The van der Waals surface area contributed by atoms with E-state index in [2.05, 4.69) is 37.7 Å². The van der Waals surface area contributed by atoms with Crippen molar-refractivity contribution in [1.29, 1.82) is 0 Å². The molecule has 2 aromatic heterocycles. The molecule has 0 atom stereocenters. The van der Waals surface area contributed by atoms with Crippen LogP contribution in [-0.2, 0) is 6.54 Å². The summed E-state index contributed by atoms with van der Waals surface area (Å²) in [5.41, 5.74) is 2.26. The van der Waals surface area contributed by atoms with Gasteiger partial charge in [0.25, 0.3) is 0 Å². The lowest BCUT2D eigenvalue weighted by atomic mass is 10.3. The Kier molecular flexibility index (Phi) is 4.39. The van der Waals surface area contributed by atoms with Crippen LogP contribution in [0.25, 0.3) is 0 Å². The number of anilines is 1. The number of hydrogen-bond donors (Lipinski definition) is 1. The van der Waals surface area contributed by atoms with Crippen molar-refractivity contribution < 1.29 is 4.74 Å². The number of aromatic nitrogens is 1. The lowest BCUT2D eigenvalue weighted by molar-refractivity contribution is 0.327. The molecule has 0 saturated heterocycles. The van der Waals surface area contributed by atoms with E-state index in [9.17, 15) is 0 Å². The summed E-state index contributed by atoms with van der Waals surface area (Å²) in [6, 6.07) is 5.95. The number of halogens is 1. The fourth-order valence-corrected chi connectivity index (χ4v) is 2.57. The molecule has 1 N–H and O–H groups in total. The largest absolute Gasteiger partial charge is 0.478 e. The first kappa shape index (κ1) is 12.4. The van der Waals surface area contributed by atoms with E-state index in [1.54, 1.807) is 17.5 Å². The standard InChI is InChI=1S/C12H13BrN2OS/c1-2-16-12-4-3-10(7-15-12)14-6-9-5-11(13)17-8-9/h3-5,7-8,14H,2,6H2,1H3. The Labute approximate surface area is 113 Å². The Balaban J connectivity index is 1.90. The zero-order valence-corrected chi connectivity index (χ0v) is 11.8. The summed E-state index contributed by atoms with van der Waals surface area (Å²) in [6.45, 7) is 3.39. The van der Waals surface area contributed by atoms with Crippen molar-refractivity contribution in [3.63, 3.8) is 0 Å². The zero-order valence-electron chi connectivity index (χ0n) is 9.44. The fraction of sp³-hybridized carbons (Fsp3) is 0.250. The highest BCUT2D eigenvalue weighted by Gasteiger charge is 1.98. The second kappa shape index (κ2) is 6.02. The van der Waals surface area contributed by atoms with E-state index < -0.39 is 0 Å². The van der Waals surface area contributed by atoms with Gasteiger partial charge in [-0.3, -0.25) is 0 Å². The average Bonchev–Trinajstić information content (AvgIpc) is 2.75. The van der Waals surface area contributed by atoms with Crippen LogP contribution in [0.3, 0.4) is 0 Å². The summed E-state index contributed by atoms with van der Waals surface area (Å²) >= 11 is 5.14. The van der Waals surface area contributed by atoms with E-state index in [1.165, 1.54) is 5.56 Å². The Morgan fingerprint density at radius 3 is 2.94 bits per heavy atom. The van der Waals surface area contributed by atoms with Crippen molar-refractivity contribution in [3.05, 3.63) is 39.1 Å². The molecule has 90 valence electrons. The molecule has 0 radical (unpaired) electrons. The highest BCUT2D eigenvalue weighted by atomic mass is 79.9. The molecule has 0 aliphatic carbocycles. The van der Waals surface area contributed by atoms with Crippen LogP contribution in [0.15, 0.2) is 33.6 Å².